The third kappa shape index (κ3) is 3.87. The van der Waals surface area contributed by atoms with Crippen molar-refractivity contribution in [2.24, 2.45) is 17.8 Å². The summed E-state index contributed by atoms with van der Waals surface area (Å²) in [6.07, 6.45) is 5.69. The molecule has 3 rings (SSSR count). The summed E-state index contributed by atoms with van der Waals surface area (Å²) >= 11 is 0. The van der Waals surface area contributed by atoms with Gasteiger partial charge in [0.1, 0.15) is 6.10 Å². The molecule has 1 aliphatic carbocycles. The van der Waals surface area contributed by atoms with E-state index in [4.69, 9.17) is 14.2 Å². The Labute approximate surface area is 154 Å². The van der Waals surface area contributed by atoms with E-state index in [0.29, 0.717) is 32.0 Å². The van der Waals surface area contributed by atoms with Crippen molar-refractivity contribution in [1.29, 1.82) is 0 Å². The Bertz CT molecular complexity index is 575. The van der Waals surface area contributed by atoms with Crippen LogP contribution in [0, 0.1) is 17.8 Å². The largest absolute Gasteiger partial charge is 0.445 e. The van der Waals surface area contributed by atoms with Gasteiger partial charge in [0.2, 0.25) is 0 Å². The summed E-state index contributed by atoms with van der Waals surface area (Å²) in [4.78, 5) is 12.5. The van der Waals surface area contributed by atoms with Gasteiger partial charge in [-0.2, -0.15) is 0 Å². The molecule has 2 saturated heterocycles. The van der Waals surface area contributed by atoms with Gasteiger partial charge in [-0.05, 0) is 24.8 Å². The van der Waals surface area contributed by atoms with Crippen LogP contribution >= 0.6 is 0 Å². The first-order valence-corrected chi connectivity index (χ1v) is 9.39. The van der Waals surface area contributed by atoms with Gasteiger partial charge in [-0.25, -0.2) is 4.79 Å². The Kier molecular flexibility index (Phi) is 6.16. The number of aliphatic hydroxyl groups excluding tert-OH is 1. The molecule has 3 fully saturated rings. The lowest BCUT2D eigenvalue weighted by Crippen LogP contribution is -2.46. The summed E-state index contributed by atoms with van der Waals surface area (Å²) < 4.78 is 17.1. The minimum Gasteiger partial charge on any atom is -0.445 e. The molecule has 0 spiro atoms. The standard InChI is InChI=1S/C20H29NO5/c1-4-7-12(5-2)8-16(17(22)6-3)21-20(23)26-18-13-9-14-15(18)11-25-19(14)24-10-13/h4-5,7,13-19,22H,1-2,6,8-11H2,3H3,(H,21,23). The molecule has 2 aliphatic heterocycles. The lowest BCUT2D eigenvalue weighted by molar-refractivity contribution is -0.169. The van der Waals surface area contributed by atoms with Crippen LogP contribution in [0.4, 0.5) is 4.79 Å². The summed E-state index contributed by atoms with van der Waals surface area (Å²) in [5, 5.41) is 13.1. The number of alkyl carbamates (subject to hydrolysis) is 1. The monoisotopic (exact) mass is 363 g/mol. The predicted octanol–water partition coefficient (Wildman–Crippen LogP) is 2.55. The second-order valence-corrected chi connectivity index (χ2v) is 7.34. The third-order valence-corrected chi connectivity index (χ3v) is 5.77. The maximum absolute atomic E-state index is 12.5. The number of nitrogens with one attached hydrogen (secondary N) is 1. The fourth-order valence-corrected chi connectivity index (χ4v) is 4.35. The summed E-state index contributed by atoms with van der Waals surface area (Å²) in [6.45, 7) is 10.5. The smallest absolute Gasteiger partial charge is 0.407 e. The first-order chi connectivity index (χ1) is 12.6. The van der Waals surface area contributed by atoms with Crippen LogP contribution < -0.4 is 5.32 Å². The van der Waals surface area contributed by atoms with Crippen LogP contribution in [0.1, 0.15) is 26.2 Å². The SMILES string of the molecule is C=CC=C(C=C)CC(NC(=O)OC1C2COC3OCC1C3C2)C(O)CC. The second-order valence-electron chi connectivity index (χ2n) is 7.34. The Morgan fingerprint density at radius 3 is 2.81 bits per heavy atom. The zero-order chi connectivity index (χ0) is 18.7. The lowest BCUT2D eigenvalue weighted by Gasteiger charge is -2.29. The summed E-state index contributed by atoms with van der Waals surface area (Å²) in [5.41, 5.74) is 0.898. The van der Waals surface area contributed by atoms with Gasteiger partial charge in [-0.1, -0.05) is 38.3 Å². The number of amides is 1. The highest BCUT2D eigenvalue weighted by Gasteiger charge is 2.56. The molecular weight excluding hydrogens is 334 g/mol. The van der Waals surface area contributed by atoms with Crippen LogP contribution in [-0.4, -0.2) is 49.0 Å². The highest BCUT2D eigenvalue weighted by atomic mass is 16.7. The van der Waals surface area contributed by atoms with Crippen LogP contribution in [0.15, 0.2) is 37.0 Å². The molecule has 0 radical (unpaired) electrons. The average Bonchev–Trinajstić information content (AvgIpc) is 3.17. The van der Waals surface area contributed by atoms with Gasteiger partial charge in [0.05, 0.1) is 25.4 Å². The van der Waals surface area contributed by atoms with E-state index in [-0.39, 0.29) is 24.2 Å². The maximum atomic E-state index is 12.5. The van der Waals surface area contributed by atoms with Crippen LogP contribution in [0.2, 0.25) is 0 Å². The third-order valence-electron chi connectivity index (χ3n) is 5.77. The average molecular weight is 363 g/mol. The Morgan fingerprint density at radius 2 is 2.12 bits per heavy atom. The normalized spacial score (nSPS) is 34.8. The summed E-state index contributed by atoms with van der Waals surface area (Å²) in [5.74, 6) is 0.763. The van der Waals surface area contributed by atoms with E-state index in [9.17, 15) is 9.90 Å². The molecule has 2 N–H and O–H groups in total. The number of carbonyl (C=O) groups excluding carboxylic acids is 1. The number of hydrogen-bond acceptors (Lipinski definition) is 5. The van der Waals surface area contributed by atoms with Gasteiger partial charge >= 0.3 is 6.09 Å². The van der Waals surface area contributed by atoms with Crippen LogP contribution in [0.5, 0.6) is 0 Å². The van der Waals surface area contributed by atoms with Gasteiger partial charge in [-0.15, -0.1) is 0 Å². The van der Waals surface area contributed by atoms with Crippen LogP contribution in [0.25, 0.3) is 0 Å². The van der Waals surface area contributed by atoms with Crippen molar-refractivity contribution in [2.75, 3.05) is 13.2 Å². The summed E-state index contributed by atoms with van der Waals surface area (Å²) in [6, 6.07) is -0.443. The van der Waals surface area contributed by atoms with Crippen LogP contribution in [-0.2, 0) is 14.2 Å². The van der Waals surface area contributed by atoms with E-state index in [1.807, 2.05) is 13.0 Å². The highest BCUT2D eigenvalue weighted by molar-refractivity contribution is 5.68. The van der Waals surface area contributed by atoms with E-state index < -0.39 is 18.2 Å². The maximum Gasteiger partial charge on any atom is 0.407 e. The number of carbonyl (C=O) groups is 1. The van der Waals surface area contributed by atoms with Gasteiger partial charge in [0, 0.05) is 17.8 Å². The molecular formula is C20H29NO5. The molecule has 2 heterocycles. The van der Waals surface area contributed by atoms with E-state index in [0.717, 1.165) is 12.0 Å². The van der Waals surface area contributed by atoms with Gasteiger partial charge in [-0.3, -0.25) is 0 Å². The molecule has 0 aromatic carbocycles. The Balaban J connectivity index is 1.61. The molecule has 2 bridgehead atoms. The Morgan fingerprint density at radius 1 is 1.35 bits per heavy atom. The Hall–Kier alpha value is -1.63. The first kappa shape index (κ1) is 19.1. The van der Waals surface area contributed by atoms with E-state index in [1.165, 1.54) is 0 Å². The molecule has 6 heteroatoms. The fourth-order valence-electron chi connectivity index (χ4n) is 4.35. The summed E-state index contributed by atoms with van der Waals surface area (Å²) in [7, 11) is 0. The number of fused-ring (bicyclic) bond motifs is 1. The number of aliphatic hydroxyl groups is 1. The van der Waals surface area contributed by atoms with Crippen molar-refractivity contribution in [1.82, 2.24) is 5.32 Å². The molecule has 144 valence electrons. The number of ether oxygens (including phenoxy) is 3. The molecule has 7 unspecified atom stereocenters. The fraction of sp³-hybridized carbons (Fsp3) is 0.650. The van der Waals surface area contributed by atoms with Crippen molar-refractivity contribution in [3.05, 3.63) is 37.0 Å². The van der Waals surface area contributed by atoms with E-state index >= 15 is 0 Å². The minimum atomic E-state index is -0.666. The topological polar surface area (TPSA) is 77.0 Å². The zero-order valence-corrected chi connectivity index (χ0v) is 15.3. The molecule has 1 saturated carbocycles. The first-order valence-electron chi connectivity index (χ1n) is 9.39. The molecule has 0 aromatic rings. The van der Waals surface area contributed by atoms with Crippen molar-refractivity contribution in [2.45, 2.75) is 50.7 Å². The molecule has 26 heavy (non-hydrogen) atoms. The van der Waals surface area contributed by atoms with Gasteiger partial charge in [0.25, 0.3) is 0 Å². The molecule has 7 atom stereocenters. The molecule has 1 amide bonds. The predicted molar refractivity (Wildman–Crippen MR) is 97.4 cm³/mol. The quantitative estimate of drug-likeness (QED) is 0.648. The van der Waals surface area contributed by atoms with Crippen molar-refractivity contribution >= 4 is 6.09 Å². The molecule has 3 aliphatic rings. The minimum absolute atomic E-state index is 0.137. The second kappa shape index (κ2) is 8.37. The van der Waals surface area contributed by atoms with Crippen molar-refractivity contribution in [3.8, 4) is 0 Å². The van der Waals surface area contributed by atoms with Gasteiger partial charge < -0.3 is 24.6 Å². The highest BCUT2D eigenvalue weighted by Crippen LogP contribution is 2.49. The molecule has 0 aromatic heterocycles. The van der Waals surface area contributed by atoms with E-state index in [2.05, 4.69) is 18.5 Å². The lowest BCUT2D eigenvalue weighted by atomic mass is 9.98. The van der Waals surface area contributed by atoms with Crippen molar-refractivity contribution < 1.29 is 24.1 Å². The number of hydrogen-bond donors (Lipinski definition) is 2. The number of rotatable bonds is 8. The zero-order valence-electron chi connectivity index (χ0n) is 15.3. The van der Waals surface area contributed by atoms with Crippen molar-refractivity contribution in [3.63, 3.8) is 0 Å². The molecule has 6 nitrogen and oxygen atoms in total. The van der Waals surface area contributed by atoms with Gasteiger partial charge in [0.15, 0.2) is 6.29 Å². The number of allylic oxidation sites excluding steroid dienone is 3. The van der Waals surface area contributed by atoms with E-state index in [1.54, 1.807) is 12.2 Å². The van der Waals surface area contributed by atoms with Crippen LogP contribution in [0.3, 0.4) is 0 Å².